The summed E-state index contributed by atoms with van der Waals surface area (Å²) in [4.78, 5) is 0. The van der Waals surface area contributed by atoms with Crippen LogP contribution in [0.2, 0.25) is 0 Å². The molecule has 2 aromatic carbocycles. The van der Waals surface area contributed by atoms with Gasteiger partial charge in [-0.1, -0.05) is 19.1 Å². The Morgan fingerprint density at radius 2 is 1.81 bits per heavy atom. The molecule has 1 unspecified atom stereocenters. The third kappa shape index (κ3) is 3.41. The summed E-state index contributed by atoms with van der Waals surface area (Å²) >= 11 is 3.11. The van der Waals surface area contributed by atoms with Crippen molar-refractivity contribution in [2.75, 3.05) is 13.7 Å². The zero-order valence-electron chi connectivity index (χ0n) is 11.8. The highest BCUT2D eigenvalue weighted by Gasteiger charge is 2.23. The molecule has 0 saturated carbocycles. The summed E-state index contributed by atoms with van der Waals surface area (Å²) < 4.78 is 33.8. The van der Waals surface area contributed by atoms with Gasteiger partial charge in [-0.15, -0.1) is 0 Å². The van der Waals surface area contributed by atoms with Gasteiger partial charge in [0.25, 0.3) is 0 Å². The number of hydrogen-bond acceptors (Lipinski definition) is 2. The van der Waals surface area contributed by atoms with Crippen LogP contribution in [0.15, 0.2) is 40.9 Å². The molecule has 0 saturated heterocycles. The van der Waals surface area contributed by atoms with Crippen LogP contribution in [-0.2, 0) is 0 Å². The molecular weight excluding hydrogens is 340 g/mol. The second-order valence-corrected chi connectivity index (χ2v) is 5.38. The number of halogens is 3. The van der Waals surface area contributed by atoms with E-state index in [1.807, 2.05) is 6.92 Å². The minimum Gasteiger partial charge on any atom is -0.497 e. The van der Waals surface area contributed by atoms with Crippen molar-refractivity contribution in [3.05, 3.63) is 63.6 Å². The summed E-state index contributed by atoms with van der Waals surface area (Å²) in [7, 11) is 1.57. The van der Waals surface area contributed by atoms with Crippen LogP contribution in [0.25, 0.3) is 0 Å². The average Bonchev–Trinajstić information content (AvgIpc) is 2.50. The third-order valence-electron chi connectivity index (χ3n) is 3.23. The quantitative estimate of drug-likeness (QED) is 0.800. The molecular formula is C16H16BrF2NO. The molecule has 0 bridgehead atoms. The normalized spacial score (nSPS) is 12.2. The van der Waals surface area contributed by atoms with Gasteiger partial charge in [0, 0.05) is 5.56 Å². The van der Waals surface area contributed by atoms with Gasteiger partial charge in [-0.3, -0.25) is 0 Å². The standard InChI is InChI=1S/C16H16BrF2NO/c1-3-20-16(10-4-6-11(21-2)7-5-10)14-13(18)9-8-12(17)15(14)19/h4-9,16,20H,3H2,1-2H3. The SMILES string of the molecule is CCNC(c1ccc(OC)cc1)c1c(F)ccc(Br)c1F. The van der Waals surface area contributed by atoms with Gasteiger partial charge < -0.3 is 10.1 Å². The molecule has 2 rings (SSSR count). The summed E-state index contributed by atoms with van der Waals surface area (Å²) in [6, 6.07) is 9.21. The van der Waals surface area contributed by atoms with Crippen LogP contribution >= 0.6 is 15.9 Å². The van der Waals surface area contributed by atoms with Crippen LogP contribution < -0.4 is 10.1 Å². The first kappa shape index (κ1) is 15.9. The zero-order valence-corrected chi connectivity index (χ0v) is 13.4. The number of benzene rings is 2. The van der Waals surface area contributed by atoms with Crippen molar-refractivity contribution in [1.82, 2.24) is 5.32 Å². The molecule has 5 heteroatoms. The van der Waals surface area contributed by atoms with Gasteiger partial charge in [0.15, 0.2) is 0 Å². The monoisotopic (exact) mass is 355 g/mol. The van der Waals surface area contributed by atoms with Crippen LogP contribution in [0.4, 0.5) is 8.78 Å². The Morgan fingerprint density at radius 1 is 1.14 bits per heavy atom. The third-order valence-corrected chi connectivity index (χ3v) is 3.84. The van der Waals surface area contributed by atoms with Gasteiger partial charge in [-0.25, -0.2) is 8.78 Å². The van der Waals surface area contributed by atoms with Crippen molar-refractivity contribution in [3.8, 4) is 5.75 Å². The molecule has 0 fully saturated rings. The van der Waals surface area contributed by atoms with Crippen molar-refractivity contribution in [2.45, 2.75) is 13.0 Å². The Hall–Kier alpha value is -1.46. The van der Waals surface area contributed by atoms with E-state index in [1.54, 1.807) is 31.4 Å². The van der Waals surface area contributed by atoms with E-state index in [4.69, 9.17) is 4.74 Å². The number of hydrogen-bond donors (Lipinski definition) is 1. The summed E-state index contributed by atoms with van der Waals surface area (Å²) in [5, 5.41) is 3.12. The largest absolute Gasteiger partial charge is 0.497 e. The van der Waals surface area contributed by atoms with E-state index < -0.39 is 17.7 Å². The Labute approximate surface area is 131 Å². The fourth-order valence-corrected chi connectivity index (χ4v) is 2.54. The first-order valence-electron chi connectivity index (χ1n) is 6.59. The van der Waals surface area contributed by atoms with Gasteiger partial charge in [-0.2, -0.15) is 0 Å². The Morgan fingerprint density at radius 3 is 2.38 bits per heavy atom. The van der Waals surface area contributed by atoms with E-state index in [2.05, 4.69) is 21.2 Å². The Kier molecular flexibility index (Phi) is 5.31. The molecule has 0 aliphatic rings. The minimum atomic E-state index is -0.586. The molecule has 1 N–H and O–H groups in total. The van der Waals surface area contributed by atoms with Gasteiger partial charge in [0.2, 0.25) is 0 Å². The van der Waals surface area contributed by atoms with Crippen LogP contribution in [0.3, 0.4) is 0 Å². The van der Waals surface area contributed by atoms with Crippen molar-refractivity contribution < 1.29 is 13.5 Å². The molecule has 0 heterocycles. The highest BCUT2D eigenvalue weighted by molar-refractivity contribution is 9.10. The first-order valence-corrected chi connectivity index (χ1v) is 7.38. The molecule has 0 amide bonds. The zero-order chi connectivity index (χ0) is 15.4. The summed E-state index contributed by atoms with van der Waals surface area (Å²) in [6.45, 7) is 2.48. The predicted octanol–water partition coefficient (Wildman–Crippen LogP) is 4.43. The summed E-state index contributed by atoms with van der Waals surface area (Å²) in [6.07, 6.45) is 0. The van der Waals surface area contributed by atoms with Crippen LogP contribution in [0.1, 0.15) is 24.1 Å². The van der Waals surface area contributed by atoms with Gasteiger partial charge >= 0.3 is 0 Å². The van der Waals surface area contributed by atoms with E-state index in [-0.39, 0.29) is 10.0 Å². The lowest BCUT2D eigenvalue weighted by atomic mass is 9.97. The van der Waals surface area contributed by atoms with Crippen molar-refractivity contribution >= 4 is 15.9 Å². The average molecular weight is 356 g/mol. The van der Waals surface area contributed by atoms with E-state index in [0.29, 0.717) is 12.3 Å². The second-order valence-electron chi connectivity index (χ2n) is 4.52. The molecule has 0 aliphatic heterocycles. The number of ether oxygens (including phenoxy) is 1. The lowest BCUT2D eigenvalue weighted by Crippen LogP contribution is -2.24. The van der Waals surface area contributed by atoms with Crippen molar-refractivity contribution in [2.24, 2.45) is 0 Å². The van der Waals surface area contributed by atoms with E-state index in [9.17, 15) is 8.78 Å². The lowest BCUT2D eigenvalue weighted by molar-refractivity contribution is 0.414. The second kappa shape index (κ2) is 7.00. The predicted molar refractivity (Wildman–Crippen MR) is 82.6 cm³/mol. The maximum atomic E-state index is 14.3. The van der Waals surface area contributed by atoms with Crippen LogP contribution in [0, 0.1) is 11.6 Å². The van der Waals surface area contributed by atoms with Crippen molar-refractivity contribution in [1.29, 1.82) is 0 Å². The molecule has 1 atom stereocenters. The minimum absolute atomic E-state index is 0.0105. The lowest BCUT2D eigenvalue weighted by Gasteiger charge is -2.21. The first-order chi connectivity index (χ1) is 10.1. The molecule has 0 spiro atoms. The maximum Gasteiger partial charge on any atom is 0.145 e. The van der Waals surface area contributed by atoms with Crippen LogP contribution in [-0.4, -0.2) is 13.7 Å². The van der Waals surface area contributed by atoms with E-state index in [1.165, 1.54) is 12.1 Å². The molecule has 21 heavy (non-hydrogen) atoms. The maximum absolute atomic E-state index is 14.3. The van der Waals surface area contributed by atoms with Crippen LogP contribution in [0.5, 0.6) is 5.75 Å². The topological polar surface area (TPSA) is 21.3 Å². The number of methoxy groups -OCH3 is 1. The van der Waals surface area contributed by atoms with Gasteiger partial charge in [0.1, 0.15) is 17.4 Å². The highest BCUT2D eigenvalue weighted by atomic mass is 79.9. The number of rotatable bonds is 5. The van der Waals surface area contributed by atoms with E-state index >= 15 is 0 Å². The highest BCUT2D eigenvalue weighted by Crippen LogP contribution is 2.31. The molecule has 2 aromatic rings. The summed E-state index contributed by atoms with van der Waals surface area (Å²) in [5.41, 5.74) is 0.782. The Balaban J connectivity index is 2.50. The fourth-order valence-electron chi connectivity index (χ4n) is 2.19. The van der Waals surface area contributed by atoms with Gasteiger partial charge in [0.05, 0.1) is 17.6 Å². The van der Waals surface area contributed by atoms with Crippen molar-refractivity contribution in [3.63, 3.8) is 0 Å². The molecule has 2 nitrogen and oxygen atoms in total. The smallest absolute Gasteiger partial charge is 0.145 e. The Bertz CT molecular complexity index is 616. The fraction of sp³-hybridized carbons (Fsp3) is 0.250. The molecule has 0 aromatic heterocycles. The van der Waals surface area contributed by atoms with Gasteiger partial charge in [-0.05, 0) is 52.3 Å². The molecule has 0 radical (unpaired) electrons. The van der Waals surface area contributed by atoms with E-state index in [0.717, 1.165) is 5.56 Å². The molecule has 0 aliphatic carbocycles. The summed E-state index contributed by atoms with van der Waals surface area (Å²) in [5.74, 6) is -0.460. The molecule has 112 valence electrons. The number of nitrogens with one attached hydrogen (secondary N) is 1.